The van der Waals surface area contributed by atoms with Crippen molar-refractivity contribution in [2.45, 2.75) is 32.2 Å². The topological polar surface area (TPSA) is 29.1 Å². The fraction of sp³-hybridized carbons (Fsp3) is 0.278. The van der Waals surface area contributed by atoms with Crippen LogP contribution in [0.5, 0.6) is 0 Å². The van der Waals surface area contributed by atoms with Crippen LogP contribution >= 0.6 is 15.9 Å². The maximum absolute atomic E-state index is 12.6. The van der Waals surface area contributed by atoms with E-state index in [0.717, 1.165) is 34.9 Å². The number of hydrogen-bond donors (Lipinski definition) is 1. The highest BCUT2D eigenvalue weighted by Gasteiger charge is 2.22. The smallest absolute Gasteiger partial charge is 0.252 e. The van der Waals surface area contributed by atoms with Gasteiger partial charge in [-0.05, 0) is 55.0 Å². The average molecular weight is 344 g/mol. The molecular formula is C18H18BrNO. The minimum absolute atomic E-state index is 0.00973. The molecule has 1 atom stereocenters. The van der Waals surface area contributed by atoms with Crippen LogP contribution in [-0.2, 0) is 6.42 Å². The molecule has 2 nitrogen and oxygen atoms in total. The Labute approximate surface area is 133 Å². The summed E-state index contributed by atoms with van der Waals surface area (Å²) in [6, 6.07) is 14.3. The largest absolute Gasteiger partial charge is 0.345 e. The lowest BCUT2D eigenvalue weighted by molar-refractivity contribution is 0.0932. The first-order valence-corrected chi connectivity index (χ1v) is 8.10. The molecule has 0 bridgehead atoms. The van der Waals surface area contributed by atoms with E-state index in [9.17, 15) is 4.79 Å². The maximum atomic E-state index is 12.6. The van der Waals surface area contributed by atoms with Gasteiger partial charge in [-0.15, -0.1) is 0 Å². The molecule has 0 fully saturated rings. The van der Waals surface area contributed by atoms with E-state index in [2.05, 4.69) is 39.4 Å². The van der Waals surface area contributed by atoms with Crippen LogP contribution in [0.15, 0.2) is 46.9 Å². The molecule has 0 aliphatic heterocycles. The molecule has 0 radical (unpaired) electrons. The zero-order valence-electron chi connectivity index (χ0n) is 12.0. The van der Waals surface area contributed by atoms with Gasteiger partial charge in [0.25, 0.3) is 5.91 Å². The van der Waals surface area contributed by atoms with E-state index in [1.165, 1.54) is 11.1 Å². The number of carbonyl (C=O) groups excluding carboxylic acids is 1. The van der Waals surface area contributed by atoms with Gasteiger partial charge in [-0.3, -0.25) is 4.79 Å². The third-order valence-corrected chi connectivity index (χ3v) is 5.05. The normalized spacial score (nSPS) is 17.1. The lowest BCUT2D eigenvalue weighted by Gasteiger charge is -2.26. The summed E-state index contributed by atoms with van der Waals surface area (Å²) in [5.74, 6) is 0.00973. The summed E-state index contributed by atoms with van der Waals surface area (Å²) < 4.78 is 0.971. The highest BCUT2D eigenvalue weighted by atomic mass is 79.9. The molecule has 3 heteroatoms. The first-order chi connectivity index (χ1) is 10.2. The van der Waals surface area contributed by atoms with Crippen LogP contribution in [0.2, 0.25) is 0 Å². The lowest BCUT2D eigenvalue weighted by atomic mass is 9.87. The second-order valence-electron chi connectivity index (χ2n) is 5.53. The van der Waals surface area contributed by atoms with Gasteiger partial charge in [0.05, 0.1) is 6.04 Å². The molecular weight excluding hydrogens is 326 g/mol. The van der Waals surface area contributed by atoms with Gasteiger partial charge in [0.15, 0.2) is 0 Å². The van der Waals surface area contributed by atoms with Gasteiger partial charge < -0.3 is 5.32 Å². The minimum Gasteiger partial charge on any atom is -0.345 e. The maximum Gasteiger partial charge on any atom is 0.252 e. The number of aryl methyl sites for hydroxylation is 1. The second kappa shape index (κ2) is 6.02. The van der Waals surface area contributed by atoms with Gasteiger partial charge in [-0.2, -0.15) is 0 Å². The highest BCUT2D eigenvalue weighted by Crippen LogP contribution is 2.30. The molecule has 2 aromatic carbocycles. The third kappa shape index (κ3) is 2.88. The van der Waals surface area contributed by atoms with E-state index in [-0.39, 0.29) is 11.9 Å². The summed E-state index contributed by atoms with van der Waals surface area (Å²) in [4.78, 5) is 12.6. The van der Waals surface area contributed by atoms with E-state index >= 15 is 0 Å². The van der Waals surface area contributed by atoms with Crippen LogP contribution in [0, 0.1) is 6.92 Å². The van der Waals surface area contributed by atoms with Crippen molar-refractivity contribution in [2.75, 3.05) is 0 Å². The van der Waals surface area contributed by atoms with Gasteiger partial charge in [-0.25, -0.2) is 0 Å². The van der Waals surface area contributed by atoms with E-state index in [0.29, 0.717) is 0 Å². The first-order valence-electron chi connectivity index (χ1n) is 7.30. The monoisotopic (exact) mass is 343 g/mol. The van der Waals surface area contributed by atoms with E-state index in [1.807, 2.05) is 31.2 Å². The van der Waals surface area contributed by atoms with E-state index in [4.69, 9.17) is 0 Å². The molecule has 1 N–H and O–H groups in total. The van der Waals surface area contributed by atoms with Gasteiger partial charge in [0, 0.05) is 10.0 Å². The quantitative estimate of drug-likeness (QED) is 0.850. The third-order valence-electron chi connectivity index (χ3n) is 4.19. The van der Waals surface area contributed by atoms with Gasteiger partial charge >= 0.3 is 0 Å². The molecule has 21 heavy (non-hydrogen) atoms. The molecule has 1 aliphatic carbocycles. The van der Waals surface area contributed by atoms with Gasteiger partial charge in [0.2, 0.25) is 0 Å². The SMILES string of the molecule is Cc1c(Br)cccc1C(=O)NC1CCCc2ccccc21. The molecule has 0 spiro atoms. The average Bonchev–Trinajstić information content (AvgIpc) is 2.50. The van der Waals surface area contributed by atoms with Crippen molar-refractivity contribution in [2.24, 2.45) is 0 Å². The fourth-order valence-electron chi connectivity index (χ4n) is 2.99. The van der Waals surface area contributed by atoms with E-state index < -0.39 is 0 Å². The molecule has 0 saturated heterocycles. The standard InChI is InChI=1S/C18H18BrNO/c1-12-14(9-5-10-16(12)19)18(21)20-17-11-4-7-13-6-2-3-8-15(13)17/h2-3,5-6,8-10,17H,4,7,11H2,1H3,(H,20,21). The molecule has 1 amide bonds. The van der Waals surface area contributed by atoms with Crippen LogP contribution < -0.4 is 5.32 Å². The van der Waals surface area contributed by atoms with Gasteiger partial charge in [-0.1, -0.05) is 46.3 Å². The van der Waals surface area contributed by atoms with Crippen molar-refractivity contribution in [3.05, 3.63) is 69.2 Å². The zero-order chi connectivity index (χ0) is 14.8. The van der Waals surface area contributed by atoms with Gasteiger partial charge in [0.1, 0.15) is 0 Å². The van der Waals surface area contributed by atoms with Crippen molar-refractivity contribution in [1.29, 1.82) is 0 Å². The molecule has 0 heterocycles. The number of carbonyl (C=O) groups is 1. The number of amides is 1. The predicted octanol–water partition coefficient (Wildman–Crippen LogP) is 4.56. The predicted molar refractivity (Wildman–Crippen MR) is 88.5 cm³/mol. The van der Waals surface area contributed by atoms with Crippen molar-refractivity contribution in [1.82, 2.24) is 5.32 Å². The van der Waals surface area contributed by atoms with Crippen LogP contribution in [0.1, 0.15) is 45.9 Å². The fourth-order valence-corrected chi connectivity index (χ4v) is 3.36. The van der Waals surface area contributed by atoms with Crippen molar-refractivity contribution < 1.29 is 4.79 Å². The van der Waals surface area contributed by atoms with Crippen LogP contribution in [-0.4, -0.2) is 5.91 Å². The summed E-state index contributed by atoms with van der Waals surface area (Å²) in [6.45, 7) is 1.97. The van der Waals surface area contributed by atoms with Crippen molar-refractivity contribution in [3.63, 3.8) is 0 Å². The van der Waals surface area contributed by atoms with Crippen LogP contribution in [0.3, 0.4) is 0 Å². The Hall–Kier alpha value is -1.61. The Morgan fingerprint density at radius 2 is 2.00 bits per heavy atom. The second-order valence-corrected chi connectivity index (χ2v) is 6.38. The Morgan fingerprint density at radius 1 is 1.19 bits per heavy atom. The number of halogens is 1. The molecule has 1 unspecified atom stereocenters. The molecule has 0 aromatic heterocycles. The number of fused-ring (bicyclic) bond motifs is 1. The van der Waals surface area contributed by atoms with Crippen LogP contribution in [0.25, 0.3) is 0 Å². The Morgan fingerprint density at radius 3 is 2.86 bits per heavy atom. The number of rotatable bonds is 2. The Balaban J connectivity index is 1.85. The molecule has 3 rings (SSSR count). The molecule has 1 aliphatic rings. The van der Waals surface area contributed by atoms with E-state index in [1.54, 1.807) is 0 Å². The summed E-state index contributed by atoms with van der Waals surface area (Å²) in [7, 11) is 0. The molecule has 108 valence electrons. The number of nitrogens with one attached hydrogen (secondary N) is 1. The first kappa shape index (κ1) is 14.3. The summed E-state index contributed by atoms with van der Waals surface area (Å²) in [5.41, 5.74) is 4.36. The number of hydrogen-bond acceptors (Lipinski definition) is 1. The Bertz CT molecular complexity index is 681. The molecule has 0 saturated carbocycles. The summed E-state index contributed by atoms with van der Waals surface area (Å²) in [5, 5.41) is 3.20. The van der Waals surface area contributed by atoms with Crippen LogP contribution in [0.4, 0.5) is 0 Å². The lowest BCUT2D eigenvalue weighted by Crippen LogP contribution is -2.31. The van der Waals surface area contributed by atoms with Crippen molar-refractivity contribution >= 4 is 21.8 Å². The number of benzene rings is 2. The zero-order valence-corrected chi connectivity index (χ0v) is 13.6. The highest BCUT2D eigenvalue weighted by molar-refractivity contribution is 9.10. The molecule has 2 aromatic rings. The minimum atomic E-state index is 0.00973. The summed E-state index contributed by atoms with van der Waals surface area (Å²) in [6.07, 6.45) is 3.24. The Kier molecular flexibility index (Phi) is 4.11. The van der Waals surface area contributed by atoms with Crippen molar-refractivity contribution in [3.8, 4) is 0 Å². The summed E-state index contributed by atoms with van der Waals surface area (Å²) >= 11 is 3.49.